The van der Waals surface area contributed by atoms with Crippen LogP contribution in [-0.2, 0) is 0 Å². The van der Waals surface area contributed by atoms with Crippen LogP contribution in [0.3, 0.4) is 0 Å². The number of hydrogen-bond acceptors (Lipinski definition) is 3. The van der Waals surface area contributed by atoms with Gasteiger partial charge in [-0.05, 0) is 70.2 Å². The SMILES string of the molecule is CC.CC(C)O.Cc1cc(C)c(-n2nc(C)c(C(C)C)c2C)cc1N. The van der Waals surface area contributed by atoms with Crippen molar-refractivity contribution in [2.24, 2.45) is 0 Å². The molecule has 0 aliphatic carbocycles. The summed E-state index contributed by atoms with van der Waals surface area (Å²) < 4.78 is 2.02. The van der Waals surface area contributed by atoms with Crippen molar-refractivity contribution in [1.29, 1.82) is 0 Å². The highest BCUT2D eigenvalue weighted by molar-refractivity contribution is 5.57. The van der Waals surface area contributed by atoms with Gasteiger partial charge in [0.2, 0.25) is 0 Å². The Bertz CT molecular complexity index is 668. The molecule has 4 heteroatoms. The number of hydrogen-bond donors (Lipinski definition) is 2. The molecule has 0 aliphatic rings. The summed E-state index contributed by atoms with van der Waals surface area (Å²) in [7, 11) is 0. The second-order valence-corrected chi connectivity index (χ2v) is 6.74. The minimum absolute atomic E-state index is 0.167. The maximum Gasteiger partial charge on any atom is 0.0698 e. The molecule has 3 N–H and O–H groups in total. The molecule has 0 amide bonds. The van der Waals surface area contributed by atoms with Gasteiger partial charge in [-0.15, -0.1) is 0 Å². The van der Waals surface area contributed by atoms with Crippen LogP contribution in [0.2, 0.25) is 0 Å². The molecule has 25 heavy (non-hydrogen) atoms. The molecule has 4 nitrogen and oxygen atoms in total. The Morgan fingerprint density at radius 2 is 1.44 bits per heavy atom. The van der Waals surface area contributed by atoms with Crippen molar-refractivity contribution in [3.63, 3.8) is 0 Å². The van der Waals surface area contributed by atoms with Crippen LogP contribution >= 0.6 is 0 Å². The third-order valence-electron chi connectivity index (χ3n) is 3.74. The molecule has 1 heterocycles. The first kappa shape index (κ1) is 23.2. The smallest absolute Gasteiger partial charge is 0.0698 e. The average molecular weight is 348 g/mol. The lowest BCUT2D eigenvalue weighted by atomic mass is 10.0. The number of aryl methyl sites for hydroxylation is 3. The van der Waals surface area contributed by atoms with E-state index in [4.69, 9.17) is 15.9 Å². The summed E-state index contributed by atoms with van der Waals surface area (Å²) in [6.07, 6.45) is -0.167. The Balaban J connectivity index is 0.000000845. The molecule has 0 aliphatic heterocycles. The minimum Gasteiger partial charge on any atom is -0.398 e. The molecule has 0 fully saturated rings. The van der Waals surface area contributed by atoms with Crippen LogP contribution in [0.4, 0.5) is 5.69 Å². The van der Waals surface area contributed by atoms with Crippen LogP contribution in [0.25, 0.3) is 5.69 Å². The van der Waals surface area contributed by atoms with Crippen LogP contribution in [-0.4, -0.2) is 21.0 Å². The van der Waals surface area contributed by atoms with E-state index >= 15 is 0 Å². The van der Waals surface area contributed by atoms with Crippen LogP contribution in [0.5, 0.6) is 0 Å². The number of aromatic nitrogens is 2. The normalized spacial score (nSPS) is 10.3. The van der Waals surface area contributed by atoms with Gasteiger partial charge in [0.1, 0.15) is 0 Å². The number of nitrogens with zero attached hydrogens (tertiary/aromatic N) is 2. The summed E-state index contributed by atoms with van der Waals surface area (Å²) >= 11 is 0. The maximum absolute atomic E-state index is 8.06. The van der Waals surface area contributed by atoms with E-state index in [0.717, 1.165) is 22.6 Å². The van der Waals surface area contributed by atoms with Gasteiger partial charge in [-0.1, -0.05) is 33.8 Å². The first-order chi connectivity index (χ1) is 11.6. The largest absolute Gasteiger partial charge is 0.398 e. The highest BCUT2D eigenvalue weighted by atomic mass is 16.3. The van der Waals surface area contributed by atoms with Crippen molar-refractivity contribution in [3.05, 3.63) is 40.2 Å². The number of rotatable bonds is 2. The third-order valence-corrected chi connectivity index (χ3v) is 3.74. The quantitative estimate of drug-likeness (QED) is 0.732. The summed E-state index contributed by atoms with van der Waals surface area (Å²) in [4.78, 5) is 0. The van der Waals surface area contributed by atoms with Gasteiger partial charge in [0.15, 0.2) is 0 Å². The Hall–Kier alpha value is -1.81. The van der Waals surface area contributed by atoms with Crippen LogP contribution < -0.4 is 5.73 Å². The maximum atomic E-state index is 8.06. The lowest BCUT2D eigenvalue weighted by Crippen LogP contribution is -2.04. The van der Waals surface area contributed by atoms with Crippen molar-refractivity contribution in [3.8, 4) is 5.69 Å². The van der Waals surface area contributed by atoms with E-state index in [9.17, 15) is 0 Å². The summed E-state index contributed by atoms with van der Waals surface area (Å²) in [5, 5.41) is 12.7. The fraction of sp³-hybridized carbons (Fsp3) is 0.571. The molecule has 1 aromatic heterocycles. The molecular weight excluding hydrogens is 310 g/mol. The molecule has 2 aromatic rings. The topological polar surface area (TPSA) is 64.1 Å². The molecule has 142 valence electrons. The summed E-state index contributed by atoms with van der Waals surface area (Å²) in [6.45, 7) is 20.2. The molecule has 2 rings (SSSR count). The zero-order valence-electron chi connectivity index (χ0n) is 17.7. The molecule has 0 unspecified atom stereocenters. The van der Waals surface area contributed by atoms with E-state index in [1.165, 1.54) is 16.8 Å². The lowest BCUT2D eigenvalue weighted by Gasteiger charge is -2.12. The number of aliphatic hydroxyl groups excluding tert-OH is 1. The van der Waals surface area contributed by atoms with Crippen LogP contribution in [0.15, 0.2) is 12.1 Å². The van der Waals surface area contributed by atoms with E-state index in [1.54, 1.807) is 13.8 Å². The predicted molar refractivity (Wildman–Crippen MR) is 110 cm³/mol. The van der Waals surface area contributed by atoms with Crippen LogP contribution in [0.1, 0.15) is 75.5 Å². The molecular formula is C21H37N3O. The Morgan fingerprint density at radius 3 is 1.84 bits per heavy atom. The molecule has 0 saturated heterocycles. The monoisotopic (exact) mass is 347 g/mol. The van der Waals surface area contributed by atoms with E-state index in [0.29, 0.717) is 5.92 Å². The predicted octanol–water partition coefficient (Wildman–Crippen LogP) is 5.22. The molecule has 0 radical (unpaired) electrons. The van der Waals surface area contributed by atoms with Gasteiger partial charge in [-0.2, -0.15) is 5.10 Å². The highest BCUT2D eigenvalue weighted by Gasteiger charge is 2.16. The van der Waals surface area contributed by atoms with Crippen molar-refractivity contribution < 1.29 is 5.11 Å². The fourth-order valence-electron chi connectivity index (χ4n) is 2.81. The van der Waals surface area contributed by atoms with E-state index < -0.39 is 0 Å². The first-order valence-electron chi connectivity index (χ1n) is 9.17. The fourth-order valence-corrected chi connectivity index (χ4v) is 2.81. The number of anilines is 1. The highest BCUT2D eigenvalue weighted by Crippen LogP contribution is 2.28. The van der Waals surface area contributed by atoms with Gasteiger partial charge < -0.3 is 10.8 Å². The number of nitrogens with two attached hydrogens (primary N) is 1. The van der Waals surface area contributed by atoms with E-state index in [-0.39, 0.29) is 6.10 Å². The number of aliphatic hydroxyl groups is 1. The van der Waals surface area contributed by atoms with Crippen molar-refractivity contribution >= 4 is 5.69 Å². The lowest BCUT2D eigenvalue weighted by molar-refractivity contribution is 0.216. The second-order valence-electron chi connectivity index (χ2n) is 6.74. The molecule has 1 aromatic carbocycles. The molecule has 0 atom stereocenters. The van der Waals surface area contributed by atoms with Gasteiger partial charge in [-0.3, -0.25) is 0 Å². The van der Waals surface area contributed by atoms with Gasteiger partial charge in [0.05, 0.1) is 11.4 Å². The first-order valence-corrected chi connectivity index (χ1v) is 9.17. The molecule has 0 saturated carbocycles. The second kappa shape index (κ2) is 10.2. The van der Waals surface area contributed by atoms with Gasteiger partial charge in [0, 0.05) is 17.5 Å². The van der Waals surface area contributed by atoms with E-state index in [1.807, 2.05) is 31.5 Å². The number of benzene rings is 1. The van der Waals surface area contributed by atoms with Crippen LogP contribution in [0, 0.1) is 27.7 Å². The zero-order chi connectivity index (χ0) is 19.9. The minimum atomic E-state index is -0.167. The van der Waals surface area contributed by atoms with Gasteiger partial charge >= 0.3 is 0 Å². The Morgan fingerprint density at radius 1 is 0.960 bits per heavy atom. The number of nitrogen functional groups attached to an aromatic ring is 1. The Kier molecular flexibility index (Phi) is 9.50. The standard InChI is InChI=1S/C16H23N3.C3H8O.C2H6/c1-9(2)16-12(5)18-19(13(16)6)15-8-14(17)10(3)7-11(15)4;1-3(2)4;1-2/h7-9H,17H2,1-6H3;3-4H,1-2H3;1-2H3. The van der Waals surface area contributed by atoms with E-state index in [2.05, 4.69) is 40.7 Å². The summed E-state index contributed by atoms with van der Waals surface area (Å²) in [5.74, 6) is 0.483. The molecule has 0 spiro atoms. The third kappa shape index (κ3) is 6.20. The van der Waals surface area contributed by atoms with Gasteiger partial charge in [-0.25, -0.2) is 4.68 Å². The van der Waals surface area contributed by atoms with Gasteiger partial charge in [0.25, 0.3) is 0 Å². The summed E-state index contributed by atoms with van der Waals surface area (Å²) in [5.41, 5.74) is 13.9. The zero-order valence-corrected chi connectivity index (χ0v) is 17.7. The average Bonchev–Trinajstić information content (AvgIpc) is 2.79. The molecule has 0 bridgehead atoms. The Labute approximate surface area is 154 Å². The van der Waals surface area contributed by atoms with Crippen molar-refractivity contribution in [2.45, 2.75) is 81.3 Å². The summed E-state index contributed by atoms with van der Waals surface area (Å²) in [6, 6.07) is 4.14. The van der Waals surface area contributed by atoms with Crippen molar-refractivity contribution in [1.82, 2.24) is 9.78 Å². The van der Waals surface area contributed by atoms with Crippen molar-refractivity contribution in [2.75, 3.05) is 5.73 Å².